The van der Waals surface area contributed by atoms with Gasteiger partial charge in [0.15, 0.2) is 5.96 Å². The zero-order valence-corrected chi connectivity index (χ0v) is 16.0. The van der Waals surface area contributed by atoms with Crippen molar-refractivity contribution in [1.29, 1.82) is 0 Å². The predicted octanol–water partition coefficient (Wildman–Crippen LogP) is 2.07. The number of alkyl carbamates (subject to hydrolysis) is 1. The summed E-state index contributed by atoms with van der Waals surface area (Å²) < 4.78 is 5.17. The molecule has 1 heterocycles. The first-order valence-corrected chi connectivity index (χ1v) is 8.94. The second-order valence-electron chi connectivity index (χ2n) is 6.32. The number of hydrogen-bond donors (Lipinski definition) is 3. The monoisotopic (exact) mass is 355 g/mol. The lowest BCUT2D eigenvalue weighted by Gasteiger charge is -2.19. The SMILES string of the molecule is CN=C(NCCCNC(=O)OC(C)(C)C)NCCc1ncc(C)s1. The number of amides is 1. The summed E-state index contributed by atoms with van der Waals surface area (Å²) in [4.78, 5) is 21.2. The minimum atomic E-state index is -0.468. The van der Waals surface area contributed by atoms with E-state index in [0.717, 1.165) is 30.4 Å². The van der Waals surface area contributed by atoms with Gasteiger partial charge in [-0.1, -0.05) is 0 Å². The van der Waals surface area contributed by atoms with Gasteiger partial charge in [-0.25, -0.2) is 9.78 Å². The summed E-state index contributed by atoms with van der Waals surface area (Å²) in [5.74, 6) is 0.751. The molecule has 1 aromatic heterocycles. The molecule has 1 amide bonds. The molecule has 136 valence electrons. The lowest BCUT2D eigenvalue weighted by Crippen LogP contribution is -2.40. The topological polar surface area (TPSA) is 87.6 Å². The van der Waals surface area contributed by atoms with Crippen LogP contribution in [0.2, 0.25) is 0 Å². The molecule has 0 aliphatic rings. The molecule has 24 heavy (non-hydrogen) atoms. The molecule has 8 heteroatoms. The van der Waals surface area contributed by atoms with Crippen LogP contribution in [-0.4, -0.2) is 49.3 Å². The molecule has 0 fully saturated rings. The highest BCUT2D eigenvalue weighted by Gasteiger charge is 2.15. The lowest BCUT2D eigenvalue weighted by atomic mass is 10.2. The van der Waals surface area contributed by atoms with Gasteiger partial charge in [0.25, 0.3) is 0 Å². The van der Waals surface area contributed by atoms with Crippen LogP contribution in [0.4, 0.5) is 4.79 Å². The quantitative estimate of drug-likeness (QED) is 0.396. The fourth-order valence-electron chi connectivity index (χ4n) is 1.83. The number of nitrogens with zero attached hydrogens (tertiary/aromatic N) is 2. The van der Waals surface area contributed by atoms with Gasteiger partial charge in [-0.3, -0.25) is 4.99 Å². The first kappa shape index (κ1) is 20.2. The van der Waals surface area contributed by atoms with Crippen molar-refractivity contribution < 1.29 is 9.53 Å². The zero-order chi connectivity index (χ0) is 18.0. The molecule has 3 N–H and O–H groups in total. The van der Waals surface area contributed by atoms with Crippen LogP contribution in [0.3, 0.4) is 0 Å². The number of nitrogens with one attached hydrogen (secondary N) is 3. The van der Waals surface area contributed by atoms with Crippen molar-refractivity contribution in [2.24, 2.45) is 4.99 Å². The van der Waals surface area contributed by atoms with Gasteiger partial charge in [-0.2, -0.15) is 0 Å². The number of ether oxygens (including phenoxy) is 1. The van der Waals surface area contributed by atoms with Gasteiger partial charge in [-0.15, -0.1) is 11.3 Å². The van der Waals surface area contributed by atoms with Crippen molar-refractivity contribution in [3.05, 3.63) is 16.1 Å². The molecule has 0 saturated heterocycles. The van der Waals surface area contributed by atoms with Crippen molar-refractivity contribution in [3.8, 4) is 0 Å². The Morgan fingerprint density at radius 1 is 1.25 bits per heavy atom. The molecule has 0 unspecified atom stereocenters. The van der Waals surface area contributed by atoms with E-state index in [9.17, 15) is 4.79 Å². The lowest BCUT2D eigenvalue weighted by molar-refractivity contribution is 0.0527. The molecule has 0 spiro atoms. The van der Waals surface area contributed by atoms with Gasteiger partial charge < -0.3 is 20.7 Å². The van der Waals surface area contributed by atoms with Crippen molar-refractivity contribution in [3.63, 3.8) is 0 Å². The van der Waals surface area contributed by atoms with E-state index in [0.29, 0.717) is 13.1 Å². The number of aryl methyl sites for hydroxylation is 1. The Morgan fingerprint density at radius 2 is 1.92 bits per heavy atom. The molecule has 0 aliphatic heterocycles. The van der Waals surface area contributed by atoms with E-state index in [4.69, 9.17) is 4.74 Å². The third kappa shape index (κ3) is 9.34. The van der Waals surface area contributed by atoms with E-state index in [-0.39, 0.29) is 6.09 Å². The summed E-state index contributed by atoms with van der Waals surface area (Å²) in [7, 11) is 1.74. The molecule has 0 aromatic carbocycles. The first-order valence-electron chi connectivity index (χ1n) is 8.13. The van der Waals surface area contributed by atoms with E-state index >= 15 is 0 Å². The van der Waals surface area contributed by atoms with Crippen molar-refractivity contribution in [1.82, 2.24) is 20.9 Å². The standard InChI is InChI=1S/C16H29N5O2S/c1-12-11-21-13(24-12)7-10-19-14(17-5)18-8-6-9-20-15(22)23-16(2,3)4/h11H,6-10H2,1-5H3,(H,20,22)(H2,17,18,19). The highest BCUT2D eigenvalue weighted by molar-refractivity contribution is 7.11. The van der Waals surface area contributed by atoms with Crippen LogP contribution in [0.15, 0.2) is 11.2 Å². The number of hydrogen-bond acceptors (Lipinski definition) is 5. The van der Waals surface area contributed by atoms with Crippen LogP contribution in [-0.2, 0) is 11.2 Å². The molecular formula is C16H29N5O2S. The maximum absolute atomic E-state index is 11.5. The van der Waals surface area contributed by atoms with Crippen LogP contribution in [0.5, 0.6) is 0 Å². The van der Waals surface area contributed by atoms with Gasteiger partial charge in [0, 0.05) is 44.2 Å². The molecule has 0 aliphatic carbocycles. The molecule has 1 rings (SSSR count). The smallest absolute Gasteiger partial charge is 0.407 e. The molecule has 0 bridgehead atoms. The Morgan fingerprint density at radius 3 is 2.50 bits per heavy atom. The van der Waals surface area contributed by atoms with Crippen LogP contribution >= 0.6 is 11.3 Å². The Hall–Kier alpha value is -1.83. The average Bonchev–Trinajstić information content (AvgIpc) is 2.88. The van der Waals surface area contributed by atoms with Gasteiger partial charge >= 0.3 is 6.09 Å². The van der Waals surface area contributed by atoms with Crippen LogP contribution in [0, 0.1) is 6.92 Å². The summed E-state index contributed by atoms with van der Waals surface area (Å²) in [5.41, 5.74) is -0.468. The second-order valence-corrected chi connectivity index (χ2v) is 7.64. The fourth-order valence-corrected chi connectivity index (χ4v) is 2.61. The molecule has 0 saturated carbocycles. The Bertz CT molecular complexity index is 537. The Kier molecular flexibility index (Phi) is 8.53. The molecule has 1 aromatic rings. The van der Waals surface area contributed by atoms with E-state index in [1.54, 1.807) is 18.4 Å². The Labute approximate surface area is 148 Å². The van der Waals surface area contributed by atoms with Crippen LogP contribution in [0.1, 0.15) is 37.1 Å². The predicted molar refractivity (Wildman–Crippen MR) is 98.8 cm³/mol. The van der Waals surface area contributed by atoms with Crippen molar-refractivity contribution in [2.75, 3.05) is 26.7 Å². The summed E-state index contributed by atoms with van der Waals surface area (Å²) in [6.07, 6.45) is 3.17. The molecule has 0 radical (unpaired) electrons. The van der Waals surface area contributed by atoms with Crippen LogP contribution < -0.4 is 16.0 Å². The van der Waals surface area contributed by atoms with Crippen molar-refractivity contribution >= 4 is 23.4 Å². The van der Waals surface area contributed by atoms with Gasteiger partial charge in [0.05, 0.1) is 5.01 Å². The van der Waals surface area contributed by atoms with Crippen LogP contribution in [0.25, 0.3) is 0 Å². The number of aromatic nitrogens is 1. The zero-order valence-electron chi connectivity index (χ0n) is 15.2. The number of rotatable bonds is 7. The third-order valence-electron chi connectivity index (χ3n) is 2.84. The molecular weight excluding hydrogens is 326 g/mol. The summed E-state index contributed by atoms with van der Waals surface area (Å²) in [6, 6.07) is 0. The number of carbonyl (C=O) groups excluding carboxylic acids is 1. The van der Waals surface area contributed by atoms with Gasteiger partial charge in [0.2, 0.25) is 0 Å². The second kappa shape index (κ2) is 10.1. The Balaban J connectivity index is 2.10. The maximum Gasteiger partial charge on any atom is 0.407 e. The first-order chi connectivity index (χ1) is 11.3. The van der Waals surface area contributed by atoms with E-state index < -0.39 is 5.60 Å². The van der Waals surface area contributed by atoms with Gasteiger partial charge in [-0.05, 0) is 34.1 Å². The number of aliphatic imine (C=N–C) groups is 1. The fraction of sp³-hybridized carbons (Fsp3) is 0.688. The summed E-state index contributed by atoms with van der Waals surface area (Å²) >= 11 is 1.71. The maximum atomic E-state index is 11.5. The van der Waals surface area contributed by atoms with E-state index in [1.807, 2.05) is 27.0 Å². The third-order valence-corrected chi connectivity index (χ3v) is 3.81. The summed E-state index contributed by atoms with van der Waals surface area (Å²) in [5, 5.41) is 10.3. The number of guanidine groups is 1. The minimum Gasteiger partial charge on any atom is -0.444 e. The minimum absolute atomic E-state index is 0.385. The van der Waals surface area contributed by atoms with E-state index in [1.165, 1.54) is 4.88 Å². The normalized spacial score (nSPS) is 12.0. The van der Waals surface area contributed by atoms with Gasteiger partial charge in [0.1, 0.15) is 5.60 Å². The molecule has 7 nitrogen and oxygen atoms in total. The highest BCUT2D eigenvalue weighted by Crippen LogP contribution is 2.10. The molecule has 0 atom stereocenters. The van der Waals surface area contributed by atoms with Crippen molar-refractivity contribution in [2.45, 2.75) is 46.1 Å². The van der Waals surface area contributed by atoms with E-state index in [2.05, 4.69) is 32.9 Å². The highest BCUT2D eigenvalue weighted by atomic mass is 32.1. The number of carbonyl (C=O) groups is 1. The number of thiazole rings is 1. The largest absolute Gasteiger partial charge is 0.444 e. The average molecular weight is 356 g/mol. The summed E-state index contributed by atoms with van der Waals surface area (Å²) in [6.45, 7) is 9.64.